The smallest absolute Gasteiger partial charge is 0.263 e. The molecular formula is C18H18N4O4S. The Morgan fingerprint density at radius 3 is 2.33 bits per heavy atom. The average molecular weight is 386 g/mol. The molecule has 2 aromatic carbocycles. The quantitative estimate of drug-likeness (QED) is 0.416. The van der Waals surface area contributed by atoms with Gasteiger partial charge in [0.05, 0.1) is 4.90 Å². The molecule has 0 radical (unpaired) electrons. The van der Waals surface area contributed by atoms with E-state index in [1.807, 2.05) is 0 Å². The number of benzene rings is 2. The Morgan fingerprint density at radius 1 is 1.15 bits per heavy atom. The van der Waals surface area contributed by atoms with Crippen LogP contribution in [0.15, 0.2) is 65.2 Å². The molecule has 140 valence electrons. The molecule has 0 fully saturated rings. The first-order chi connectivity index (χ1) is 12.8. The van der Waals surface area contributed by atoms with Crippen molar-refractivity contribution in [2.24, 2.45) is 5.14 Å². The fourth-order valence-corrected chi connectivity index (χ4v) is 2.64. The zero-order chi connectivity index (χ0) is 19.9. The molecule has 1 amide bonds. The number of nitriles is 1. The lowest BCUT2D eigenvalue weighted by Gasteiger charge is -2.06. The minimum absolute atomic E-state index is 0.0375. The highest BCUT2D eigenvalue weighted by molar-refractivity contribution is 7.89. The zero-order valence-electron chi connectivity index (χ0n) is 14.2. The number of rotatable bonds is 7. The number of primary sulfonamides is 1. The van der Waals surface area contributed by atoms with Crippen LogP contribution in [0.5, 0.6) is 5.75 Å². The fourth-order valence-electron chi connectivity index (χ4n) is 2.12. The molecule has 0 saturated heterocycles. The molecule has 9 heteroatoms. The molecule has 0 atom stereocenters. The van der Waals surface area contributed by atoms with Crippen LogP contribution in [0.3, 0.4) is 0 Å². The molecule has 2 rings (SSSR count). The molecule has 0 bridgehead atoms. The van der Waals surface area contributed by atoms with E-state index in [1.54, 1.807) is 30.3 Å². The number of nitrogens with zero attached hydrogens (tertiary/aromatic N) is 1. The molecule has 27 heavy (non-hydrogen) atoms. The van der Waals surface area contributed by atoms with E-state index in [0.717, 1.165) is 5.56 Å². The van der Waals surface area contributed by atoms with Crippen LogP contribution >= 0.6 is 0 Å². The van der Waals surface area contributed by atoms with Gasteiger partial charge in [0.25, 0.3) is 5.91 Å². The van der Waals surface area contributed by atoms with Gasteiger partial charge in [0.15, 0.2) is 0 Å². The summed E-state index contributed by atoms with van der Waals surface area (Å²) in [6, 6.07) is 14.0. The zero-order valence-corrected chi connectivity index (χ0v) is 15.0. The molecule has 0 heterocycles. The van der Waals surface area contributed by atoms with Crippen molar-refractivity contribution in [3.63, 3.8) is 0 Å². The van der Waals surface area contributed by atoms with Gasteiger partial charge in [-0.15, -0.1) is 0 Å². The van der Waals surface area contributed by atoms with Crippen LogP contribution in [0.4, 0.5) is 5.69 Å². The summed E-state index contributed by atoms with van der Waals surface area (Å²) >= 11 is 0. The number of hydrogen-bond acceptors (Lipinski definition) is 6. The second-order valence-electron chi connectivity index (χ2n) is 5.56. The summed E-state index contributed by atoms with van der Waals surface area (Å²) in [6.45, 7) is 0.325. The van der Waals surface area contributed by atoms with Gasteiger partial charge in [-0.1, -0.05) is 12.1 Å². The second kappa shape index (κ2) is 8.84. The van der Waals surface area contributed by atoms with Crippen LogP contribution in [0.1, 0.15) is 5.56 Å². The first-order valence-corrected chi connectivity index (χ1v) is 9.40. The van der Waals surface area contributed by atoms with Gasteiger partial charge in [-0.05, 0) is 48.4 Å². The Morgan fingerprint density at radius 2 is 1.78 bits per heavy atom. The number of carbonyl (C=O) groups excluding carboxylic acids is 1. The molecule has 5 N–H and O–H groups in total. The highest BCUT2D eigenvalue weighted by atomic mass is 32.2. The van der Waals surface area contributed by atoms with Crippen molar-refractivity contribution in [2.75, 3.05) is 11.9 Å². The van der Waals surface area contributed by atoms with Gasteiger partial charge in [-0.2, -0.15) is 5.26 Å². The molecule has 0 aliphatic carbocycles. The summed E-state index contributed by atoms with van der Waals surface area (Å²) in [4.78, 5) is 12.0. The Labute approximate surface area is 157 Å². The fraction of sp³-hybridized carbons (Fsp3) is 0.111. The standard InChI is InChI=1S/C18H18N4O4S/c19-11-14(12-22-15-3-7-17(8-4-15)27(20,25)26)18(24)21-10-9-13-1-5-16(23)6-2-13/h1-8,12,22-23H,9-10H2,(H,21,24)(H2,20,25,26)/b14-12-. The van der Waals surface area contributed by atoms with Gasteiger partial charge in [-0.25, -0.2) is 13.6 Å². The van der Waals surface area contributed by atoms with E-state index in [2.05, 4.69) is 10.6 Å². The third-order valence-corrected chi connectivity index (χ3v) is 4.50. The van der Waals surface area contributed by atoms with Gasteiger partial charge in [-0.3, -0.25) is 4.79 Å². The number of nitrogens with two attached hydrogens (primary N) is 1. The van der Waals surface area contributed by atoms with Crippen molar-refractivity contribution in [2.45, 2.75) is 11.3 Å². The molecule has 0 aliphatic rings. The maximum absolute atomic E-state index is 12.0. The molecular weight excluding hydrogens is 368 g/mol. The lowest BCUT2D eigenvalue weighted by atomic mass is 10.1. The number of phenols is 1. The van der Waals surface area contributed by atoms with Crippen LogP contribution in [0.2, 0.25) is 0 Å². The SMILES string of the molecule is N#C/C(=C/Nc1ccc(S(N)(=O)=O)cc1)C(=O)NCCc1ccc(O)cc1. The van der Waals surface area contributed by atoms with Crippen molar-refractivity contribution in [1.29, 1.82) is 5.26 Å². The van der Waals surface area contributed by atoms with Crippen molar-refractivity contribution in [1.82, 2.24) is 5.32 Å². The summed E-state index contributed by atoms with van der Waals surface area (Å²) in [6.07, 6.45) is 1.79. The van der Waals surface area contributed by atoms with Crippen molar-refractivity contribution in [3.05, 3.63) is 65.9 Å². The molecule has 0 saturated carbocycles. The van der Waals surface area contributed by atoms with Gasteiger partial charge in [0, 0.05) is 18.4 Å². The Bertz CT molecular complexity index is 976. The summed E-state index contributed by atoms with van der Waals surface area (Å²) in [5.41, 5.74) is 1.30. The summed E-state index contributed by atoms with van der Waals surface area (Å²) in [7, 11) is -3.78. The third kappa shape index (κ3) is 6.14. The van der Waals surface area contributed by atoms with Crippen molar-refractivity contribution >= 4 is 21.6 Å². The maximum atomic E-state index is 12.0. The summed E-state index contributed by atoms with van der Waals surface area (Å²) in [5.74, 6) is -0.370. The van der Waals surface area contributed by atoms with Crippen LogP contribution < -0.4 is 15.8 Å². The monoisotopic (exact) mass is 386 g/mol. The largest absolute Gasteiger partial charge is 0.508 e. The number of carbonyl (C=O) groups is 1. The number of anilines is 1. The van der Waals surface area contributed by atoms with E-state index in [0.29, 0.717) is 18.7 Å². The lowest BCUT2D eigenvalue weighted by molar-refractivity contribution is -0.117. The van der Waals surface area contributed by atoms with E-state index in [9.17, 15) is 18.3 Å². The number of amides is 1. The van der Waals surface area contributed by atoms with E-state index >= 15 is 0 Å². The third-order valence-electron chi connectivity index (χ3n) is 3.57. The maximum Gasteiger partial charge on any atom is 0.263 e. The van der Waals surface area contributed by atoms with Crippen molar-refractivity contribution in [3.8, 4) is 11.8 Å². The van der Waals surface area contributed by atoms with Crippen molar-refractivity contribution < 1.29 is 18.3 Å². The Balaban J connectivity index is 1.91. The van der Waals surface area contributed by atoms with Gasteiger partial charge < -0.3 is 15.7 Å². The van der Waals surface area contributed by atoms with E-state index in [-0.39, 0.29) is 16.2 Å². The molecule has 0 spiro atoms. The van der Waals surface area contributed by atoms with E-state index < -0.39 is 15.9 Å². The van der Waals surface area contributed by atoms with Gasteiger partial charge >= 0.3 is 0 Å². The highest BCUT2D eigenvalue weighted by Crippen LogP contribution is 2.13. The van der Waals surface area contributed by atoms with Crippen LogP contribution in [0, 0.1) is 11.3 Å². The molecule has 0 aliphatic heterocycles. The molecule has 8 nitrogen and oxygen atoms in total. The molecule has 2 aromatic rings. The topological polar surface area (TPSA) is 145 Å². The minimum Gasteiger partial charge on any atom is -0.508 e. The number of phenolic OH excluding ortho intramolecular Hbond substituents is 1. The van der Waals surface area contributed by atoms with Crippen LogP contribution in [-0.4, -0.2) is 26.0 Å². The number of hydrogen-bond donors (Lipinski definition) is 4. The lowest BCUT2D eigenvalue weighted by Crippen LogP contribution is -2.27. The molecule has 0 aromatic heterocycles. The first kappa shape index (κ1) is 20.0. The number of sulfonamides is 1. The van der Waals surface area contributed by atoms with E-state index in [4.69, 9.17) is 10.4 Å². The van der Waals surface area contributed by atoms with Gasteiger partial charge in [0.2, 0.25) is 10.0 Å². The first-order valence-electron chi connectivity index (χ1n) is 7.85. The predicted molar refractivity (Wildman–Crippen MR) is 100.0 cm³/mol. The average Bonchev–Trinajstić information content (AvgIpc) is 2.63. The van der Waals surface area contributed by atoms with Crippen LogP contribution in [0.25, 0.3) is 0 Å². The molecule has 0 unspecified atom stereocenters. The number of nitrogens with one attached hydrogen (secondary N) is 2. The van der Waals surface area contributed by atoms with E-state index in [1.165, 1.54) is 30.5 Å². The highest BCUT2D eigenvalue weighted by Gasteiger charge is 2.09. The summed E-state index contributed by atoms with van der Waals surface area (Å²) < 4.78 is 22.4. The normalized spacial score (nSPS) is 11.5. The van der Waals surface area contributed by atoms with Gasteiger partial charge in [0.1, 0.15) is 17.4 Å². The Hall–Kier alpha value is -3.35. The second-order valence-corrected chi connectivity index (χ2v) is 7.12. The minimum atomic E-state index is -3.78. The van der Waals surface area contributed by atoms with Crippen LogP contribution in [-0.2, 0) is 21.2 Å². The summed E-state index contributed by atoms with van der Waals surface area (Å²) in [5, 5.41) is 28.8. The number of aromatic hydroxyl groups is 1. The Kier molecular flexibility index (Phi) is 6.54. The predicted octanol–water partition coefficient (Wildman–Crippen LogP) is 1.22.